The van der Waals surface area contributed by atoms with Gasteiger partial charge in [-0.1, -0.05) is 6.92 Å². The summed E-state index contributed by atoms with van der Waals surface area (Å²) in [5, 5.41) is 5.58. The van der Waals surface area contributed by atoms with Crippen LogP contribution in [0.3, 0.4) is 0 Å². The quantitative estimate of drug-likeness (QED) is 0.912. The zero-order chi connectivity index (χ0) is 10.0. The number of nitrogens with one attached hydrogen (secondary N) is 1. The Bertz CT molecular complexity index is 309. The molecule has 0 unspecified atom stereocenters. The highest BCUT2D eigenvalue weighted by Crippen LogP contribution is 2.26. The molecule has 1 fully saturated rings. The van der Waals surface area contributed by atoms with Gasteiger partial charge in [-0.15, -0.1) is 11.3 Å². The molecule has 2 rings (SSSR count). The molecule has 1 saturated heterocycles. The van der Waals surface area contributed by atoms with E-state index in [4.69, 9.17) is 4.74 Å². The molecular weight excluding hydrogens is 262 g/mol. The van der Waals surface area contributed by atoms with E-state index in [1.54, 1.807) is 11.3 Å². The monoisotopic (exact) mass is 275 g/mol. The summed E-state index contributed by atoms with van der Waals surface area (Å²) in [5.74, 6) is 0. The van der Waals surface area contributed by atoms with Gasteiger partial charge in [-0.3, -0.25) is 0 Å². The van der Waals surface area contributed by atoms with E-state index in [9.17, 15) is 0 Å². The number of hydrogen-bond acceptors (Lipinski definition) is 3. The Morgan fingerprint density at radius 1 is 1.64 bits per heavy atom. The summed E-state index contributed by atoms with van der Waals surface area (Å²) in [6.45, 7) is 6.04. The average Bonchev–Trinajstić information content (AvgIpc) is 2.49. The van der Waals surface area contributed by atoms with Gasteiger partial charge in [0.25, 0.3) is 0 Å². The molecule has 14 heavy (non-hydrogen) atoms. The number of hydrogen-bond donors (Lipinski definition) is 1. The molecule has 1 aliphatic rings. The lowest BCUT2D eigenvalue weighted by atomic mass is 9.89. The molecule has 0 saturated carbocycles. The highest BCUT2D eigenvalue weighted by molar-refractivity contribution is 9.10. The van der Waals surface area contributed by atoms with Gasteiger partial charge in [0.15, 0.2) is 0 Å². The largest absolute Gasteiger partial charge is 0.380 e. The molecule has 0 amide bonds. The molecule has 1 aromatic rings. The summed E-state index contributed by atoms with van der Waals surface area (Å²) in [4.78, 5) is 1.37. The van der Waals surface area contributed by atoms with E-state index in [0.29, 0.717) is 5.41 Å². The van der Waals surface area contributed by atoms with Gasteiger partial charge in [0.2, 0.25) is 0 Å². The Hall–Kier alpha value is 0.1000. The minimum absolute atomic E-state index is 0.365. The number of thiophene rings is 1. The summed E-state index contributed by atoms with van der Waals surface area (Å²) < 4.78 is 6.42. The van der Waals surface area contributed by atoms with Crippen molar-refractivity contribution in [3.8, 4) is 0 Å². The van der Waals surface area contributed by atoms with Crippen molar-refractivity contribution >= 4 is 27.3 Å². The van der Waals surface area contributed by atoms with Gasteiger partial charge in [0, 0.05) is 27.9 Å². The molecule has 0 aromatic carbocycles. The third-order valence-corrected chi connectivity index (χ3v) is 4.36. The summed E-state index contributed by atoms with van der Waals surface area (Å²) >= 11 is 5.31. The first-order valence-corrected chi connectivity index (χ1v) is 6.37. The highest BCUT2D eigenvalue weighted by Gasteiger charge is 2.32. The van der Waals surface area contributed by atoms with E-state index in [1.807, 2.05) is 0 Å². The number of ether oxygens (including phenoxy) is 1. The van der Waals surface area contributed by atoms with E-state index >= 15 is 0 Å². The molecule has 1 aromatic heterocycles. The van der Waals surface area contributed by atoms with Crippen LogP contribution in [0.5, 0.6) is 0 Å². The Kier molecular flexibility index (Phi) is 3.27. The van der Waals surface area contributed by atoms with Crippen molar-refractivity contribution in [3.63, 3.8) is 0 Å². The standard InChI is InChI=1S/C10H14BrNOS/c1-10(6-13-7-10)5-12-4-9-8(11)2-3-14-9/h2-3,12H,4-7H2,1H3. The van der Waals surface area contributed by atoms with Crippen LogP contribution in [0.1, 0.15) is 11.8 Å². The summed E-state index contributed by atoms with van der Waals surface area (Å²) in [7, 11) is 0. The van der Waals surface area contributed by atoms with Crippen molar-refractivity contribution in [2.45, 2.75) is 13.5 Å². The van der Waals surface area contributed by atoms with E-state index in [1.165, 1.54) is 9.35 Å². The van der Waals surface area contributed by atoms with Gasteiger partial charge >= 0.3 is 0 Å². The van der Waals surface area contributed by atoms with Crippen molar-refractivity contribution in [2.24, 2.45) is 5.41 Å². The average molecular weight is 276 g/mol. The van der Waals surface area contributed by atoms with Crippen molar-refractivity contribution in [2.75, 3.05) is 19.8 Å². The van der Waals surface area contributed by atoms with Crippen molar-refractivity contribution < 1.29 is 4.74 Å². The predicted molar refractivity (Wildman–Crippen MR) is 62.7 cm³/mol. The van der Waals surface area contributed by atoms with Crippen LogP contribution in [0.15, 0.2) is 15.9 Å². The van der Waals surface area contributed by atoms with Crippen molar-refractivity contribution in [3.05, 3.63) is 20.8 Å². The van der Waals surface area contributed by atoms with Crippen LogP contribution >= 0.6 is 27.3 Å². The molecule has 0 radical (unpaired) electrons. The topological polar surface area (TPSA) is 21.3 Å². The molecule has 78 valence electrons. The third-order valence-electron chi connectivity index (χ3n) is 2.43. The van der Waals surface area contributed by atoms with Crippen LogP contribution in [0.2, 0.25) is 0 Å². The molecule has 0 aliphatic carbocycles. The fourth-order valence-electron chi connectivity index (χ4n) is 1.48. The van der Waals surface area contributed by atoms with Crippen molar-refractivity contribution in [1.82, 2.24) is 5.32 Å². The first kappa shape index (κ1) is 10.6. The molecule has 2 nitrogen and oxygen atoms in total. The van der Waals surface area contributed by atoms with Gasteiger partial charge in [0.1, 0.15) is 0 Å². The maximum Gasteiger partial charge on any atom is 0.0554 e. The summed E-state index contributed by atoms with van der Waals surface area (Å²) in [6, 6.07) is 2.09. The minimum Gasteiger partial charge on any atom is -0.380 e. The maximum atomic E-state index is 5.20. The van der Waals surface area contributed by atoms with Gasteiger partial charge in [-0.25, -0.2) is 0 Å². The Balaban J connectivity index is 1.75. The molecular formula is C10H14BrNOS. The van der Waals surface area contributed by atoms with Gasteiger partial charge in [-0.05, 0) is 27.4 Å². The normalized spacial score (nSPS) is 19.3. The second-order valence-corrected chi connectivity index (χ2v) is 5.95. The molecule has 0 atom stereocenters. The predicted octanol–water partition coefficient (Wildman–Crippen LogP) is 2.64. The number of rotatable bonds is 4. The van der Waals surface area contributed by atoms with Crippen LogP contribution in [-0.4, -0.2) is 19.8 Å². The summed E-state index contributed by atoms with van der Waals surface area (Å²) in [6.07, 6.45) is 0. The smallest absolute Gasteiger partial charge is 0.0554 e. The number of halogens is 1. The Morgan fingerprint density at radius 3 is 2.93 bits per heavy atom. The van der Waals surface area contributed by atoms with Crippen LogP contribution in [-0.2, 0) is 11.3 Å². The van der Waals surface area contributed by atoms with Crippen LogP contribution in [0, 0.1) is 5.41 Å². The molecule has 0 bridgehead atoms. The lowest BCUT2D eigenvalue weighted by molar-refractivity contribution is -0.0991. The SMILES string of the molecule is CC1(CNCc2sccc2Br)COC1. The van der Waals surface area contributed by atoms with Crippen LogP contribution in [0.4, 0.5) is 0 Å². The lowest BCUT2D eigenvalue weighted by Gasteiger charge is -2.38. The fourth-order valence-corrected chi connectivity index (χ4v) is 2.94. The Labute approximate surface area is 96.8 Å². The van der Waals surface area contributed by atoms with E-state index < -0.39 is 0 Å². The second kappa shape index (κ2) is 4.31. The first-order valence-electron chi connectivity index (χ1n) is 4.70. The maximum absolute atomic E-state index is 5.20. The first-order chi connectivity index (χ1) is 6.70. The highest BCUT2D eigenvalue weighted by atomic mass is 79.9. The van der Waals surface area contributed by atoms with E-state index in [2.05, 4.69) is 39.6 Å². The summed E-state index contributed by atoms with van der Waals surface area (Å²) in [5.41, 5.74) is 0.365. The van der Waals surface area contributed by atoms with Crippen LogP contribution < -0.4 is 5.32 Å². The van der Waals surface area contributed by atoms with Crippen LogP contribution in [0.25, 0.3) is 0 Å². The molecule has 1 aliphatic heterocycles. The zero-order valence-corrected chi connectivity index (χ0v) is 10.6. The molecule has 0 spiro atoms. The van der Waals surface area contributed by atoms with Gasteiger partial charge in [0.05, 0.1) is 13.2 Å². The molecule has 2 heterocycles. The Morgan fingerprint density at radius 2 is 2.43 bits per heavy atom. The molecule has 4 heteroatoms. The second-order valence-electron chi connectivity index (χ2n) is 4.10. The van der Waals surface area contributed by atoms with Gasteiger partial charge in [-0.2, -0.15) is 0 Å². The third kappa shape index (κ3) is 2.37. The molecule has 1 N–H and O–H groups in total. The van der Waals surface area contributed by atoms with E-state index in [-0.39, 0.29) is 0 Å². The minimum atomic E-state index is 0.365. The van der Waals surface area contributed by atoms with Crippen molar-refractivity contribution in [1.29, 1.82) is 0 Å². The lowest BCUT2D eigenvalue weighted by Crippen LogP contribution is -2.47. The fraction of sp³-hybridized carbons (Fsp3) is 0.600. The van der Waals surface area contributed by atoms with Gasteiger partial charge < -0.3 is 10.1 Å². The zero-order valence-electron chi connectivity index (χ0n) is 8.18. The van der Waals surface area contributed by atoms with E-state index in [0.717, 1.165) is 26.3 Å².